The van der Waals surface area contributed by atoms with E-state index < -0.39 is 0 Å². The summed E-state index contributed by atoms with van der Waals surface area (Å²) in [5, 5.41) is 7.66. The number of fused-ring (bicyclic) bond motifs is 10. The molecule has 0 unspecified atom stereocenters. The first kappa shape index (κ1) is 32.1. The molecule has 3 heterocycles. The lowest BCUT2D eigenvalue weighted by atomic mass is 9.99. The average molecular weight is 743 g/mol. The third-order valence-corrected chi connectivity index (χ3v) is 13.0. The fraction of sp³-hybridized carbons (Fsp3) is 0. The number of hydrogen-bond donors (Lipinski definition) is 0. The highest BCUT2D eigenvalue weighted by Gasteiger charge is 2.21. The monoisotopic (exact) mass is 742 g/mol. The van der Waals surface area contributed by atoms with E-state index in [1.54, 1.807) is 0 Å². The molecule has 0 N–H and O–H groups in total. The summed E-state index contributed by atoms with van der Waals surface area (Å²) in [6.45, 7) is 0. The lowest BCUT2D eigenvalue weighted by Crippen LogP contribution is -1.98. The Hall–Kier alpha value is -7.20. The molecule has 0 saturated carbocycles. The number of rotatable bonds is 5. The van der Waals surface area contributed by atoms with Gasteiger partial charge in [-0.2, -0.15) is 0 Å². The summed E-state index contributed by atoms with van der Waals surface area (Å²) in [7, 11) is 0. The van der Waals surface area contributed by atoms with Crippen molar-refractivity contribution < 1.29 is 0 Å². The SMILES string of the molecule is c1ccc(-c2ccc(-n3c4ccccc4c4ccc5c6ccccc6n(-c6ccc(-c7ccc(-c8cccc9c8sc8ccccc89)cc7)cc6)c5c43)cc2)cc1. The van der Waals surface area contributed by atoms with E-state index in [4.69, 9.17) is 0 Å². The van der Waals surface area contributed by atoms with Crippen LogP contribution in [0.3, 0.4) is 0 Å². The van der Waals surface area contributed by atoms with Crippen LogP contribution in [0.15, 0.2) is 206 Å². The van der Waals surface area contributed by atoms with E-state index in [2.05, 4.69) is 215 Å². The normalized spacial score (nSPS) is 11.9. The van der Waals surface area contributed by atoms with Gasteiger partial charge < -0.3 is 9.13 Å². The van der Waals surface area contributed by atoms with Gasteiger partial charge in [0.05, 0.1) is 22.1 Å². The zero-order chi connectivity index (χ0) is 37.5. The van der Waals surface area contributed by atoms with Gasteiger partial charge in [0.1, 0.15) is 0 Å². The maximum Gasteiger partial charge on any atom is 0.0788 e. The van der Waals surface area contributed by atoms with Crippen LogP contribution in [-0.2, 0) is 0 Å². The van der Waals surface area contributed by atoms with Crippen LogP contribution in [0.5, 0.6) is 0 Å². The van der Waals surface area contributed by atoms with Crippen molar-refractivity contribution in [3.8, 4) is 44.8 Å². The molecule has 0 fully saturated rings. The molecule has 0 aliphatic heterocycles. The molecule has 12 aromatic rings. The summed E-state index contributed by atoms with van der Waals surface area (Å²) in [6.07, 6.45) is 0. The Kier molecular flexibility index (Phi) is 7.13. The van der Waals surface area contributed by atoms with Crippen LogP contribution in [0.25, 0.3) is 109 Å². The Morgan fingerprint density at radius 3 is 1.30 bits per heavy atom. The van der Waals surface area contributed by atoms with Gasteiger partial charge in [-0.25, -0.2) is 0 Å². The molecule has 2 nitrogen and oxygen atoms in total. The van der Waals surface area contributed by atoms with E-state index in [0.717, 1.165) is 11.4 Å². The Morgan fingerprint density at radius 2 is 0.719 bits per heavy atom. The molecule has 0 spiro atoms. The first-order chi connectivity index (χ1) is 28.3. The Labute approximate surface area is 333 Å². The van der Waals surface area contributed by atoms with Crippen LogP contribution in [0.4, 0.5) is 0 Å². The highest BCUT2D eigenvalue weighted by molar-refractivity contribution is 7.26. The number of benzene rings is 9. The first-order valence-electron chi connectivity index (χ1n) is 19.5. The molecule has 0 bridgehead atoms. The number of nitrogens with zero attached hydrogens (tertiary/aromatic N) is 2. The maximum absolute atomic E-state index is 2.47. The fourth-order valence-electron chi connectivity index (χ4n) is 9.09. The van der Waals surface area contributed by atoms with Gasteiger partial charge in [0.2, 0.25) is 0 Å². The van der Waals surface area contributed by atoms with Crippen molar-refractivity contribution in [1.82, 2.24) is 9.13 Å². The smallest absolute Gasteiger partial charge is 0.0788 e. The standard InChI is InChI=1S/C54H34N2S/c1-2-11-35(12-3-1)37-25-29-40(30-26-37)55-49-18-7-4-13-43(49)46-33-34-47-44-14-5-8-19-50(44)56(53(47)52(46)55)41-31-27-38(28-32-41)36-21-23-39(24-22-36)42-16-10-17-48-45-15-6-9-20-51(45)57-54(42)48/h1-34H. The molecule has 12 rings (SSSR count). The minimum absolute atomic E-state index is 1.14. The Morgan fingerprint density at radius 1 is 0.281 bits per heavy atom. The summed E-state index contributed by atoms with van der Waals surface area (Å²) in [5.74, 6) is 0. The quantitative estimate of drug-likeness (QED) is 0.166. The first-order valence-corrected chi connectivity index (χ1v) is 20.3. The van der Waals surface area contributed by atoms with Gasteiger partial charge in [0, 0.05) is 53.1 Å². The van der Waals surface area contributed by atoms with E-state index in [1.807, 2.05) is 11.3 Å². The third kappa shape index (κ3) is 4.96. The minimum atomic E-state index is 1.14. The molecule has 0 radical (unpaired) electrons. The summed E-state index contributed by atoms with van der Waals surface area (Å²) < 4.78 is 7.62. The lowest BCUT2D eigenvalue weighted by molar-refractivity contribution is 1.15. The van der Waals surface area contributed by atoms with Crippen molar-refractivity contribution in [3.05, 3.63) is 206 Å². The predicted octanol–water partition coefficient (Wildman–Crippen LogP) is 15.2. The maximum atomic E-state index is 2.47. The van der Waals surface area contributed by atoms with Gasteiger partial charge in [-0.15, -0.1) is 11.3 Å². The second kappa shape index (κ2) is 12.7. The van der Waals surface area contributed by atoms with Gasteiger partial charge in [0.25, 0.3) is 0 Å². The molecular weight excluding hydrogens is 709 g/mol. The summed E-state index contributed by atoms with van der Waals surface area (Å²) in [4.78, 5) is 0. The lowest BCUT2D eigenvalue weighted by Gasteiger charge is -2.14. The average Bonchev–Trinajstić information content (AvgIpc) is 3.95. The highest BCUT2D eigenvalue weighted by atomic mass is 32.1. The Balaban J connectivity index is 0.997. The molecule has 3 aromatic heterocycles. The van der Waals surface area contributed by atoms with Gasteiger partial charge in [-0.1, -0.05) is 164 Å². The number of hydrogen-bond acceptors (Lipinski definition) is 1. The topological polar surface area (TPSA) is 9.86 Å². The second-order valence-corrected chi connectivity index (χ2v) is 15.9. The fourth-order valence-corrected chi connectivity index (χ4v) is 10.3. The number of thiophene rings is 1. The largest absolute Gasteiger partial charge is 0.307 e. The van der Waals surface area contributed by atoms with Crippen LogP contribution in [0.2, 0.25) is 0 Å². The highest BCUT2D eigenvalue weighted by Crippen LogP contribution is 2.43. The molecule has 3 heteroatoms. The van der Waals surface area contributed by atoms with Gasteiger partial charge in [0.15, 0.2) is 0 Å². The molecule has 9 aromatic carbocycles. The molecule has 0 aliphatic carbocycles. The van der Waals surface area contributed by atoms with Crippen LogP contribution >= 0.6 is 11.3 Å². The number of aromatic nitrogens is 2. The van der Waals surface area contributed by atoms with Gasteiger partial charge in [-0.05, 0) is 75.8 Å². The summed E-state index contributed by atoms with van der Waals surface area (Å²) >= 11 is 1.88. The molecular formula is C54H34N2S. The molecule has 0 aliphatic rings. The van der Waals surface area contributed by atoms with E-state index in [1.165, 1.54) is 97.2 Å². The Bertz CT molecular complexity index is 3470. The number of para-hydroxylation sites is 2. The third-order valence-electron chi connectivity index (χ3n) is 11.8. The summed E-state index contributed by atoms with van der Waals surface area (Å²) in [5.41, 5.74) is 14.5. The van der Waals surface area contributed by atoms with Crippen molar-refractivity contribution in [3.63, 3.8) is 0 Å². The van der Waals surface area contributed by atoms with E-state index in [0.29, 0.717) is 0 Å². The van der Waals surface area contributed by atoms with E-state index in [9.17, 15) is 0 Å². The van der Waals surface area contributed by atoms with Gasteiger partial charge >= 0.3 is 0 Å². The van der Waals surface area contributed by atoms with Crippen LogP contribution in [0, 0.1) is 0 Å². The van der Waals surface area contributed by atoms with Crippen molar-refractivity contribution in [2.45, 2.75) is 0 Å². The van der Waals surface area contributed by atoms with Crippen molar-refractivity contribution >= 4 is 75.1 Å². The molecule has 0 atom stereocenters. The second-order valence-electron chi connectivity index (χ2n) is 14.9. The van der Waals surface area contributed by atoms with Crippen LogP contribution in [0.1, 0.15) is 0 Å². The zero-order valence-corrected chi connectivity index (χ0v) is 31.7. The van der Waals surface area contributed by atoms with Crippen LogP contribution < -0.4 is 0 Å². The molecule has 0 saturated heterocycles. The predicted molar refractivity (Wildman–Crippen MR) is 244 cm³/mol. The summed E-state index contributed by atoms with van der Waals surface area (Å²) in [6, 6.07) is 75.5. The van der Waals surface area contributed by atoms with E-state index in [-0.39, 0.29) is 0 Å². The van der Waals surface area contributed by atoms with E-state index >= 15 is 0 Å². The van der Waals surface area contributed by atoms with Crippen molar-refractivity contribution in [2.24, 2.45) is 0 Å². The van der Waals surface area contributed by atoms with Gasteiger partial charge in [-0.3, -0.25) is 0 Å². The molecule has 57 heavy (non-hydrogen) atoms. The molecule has 266 valence electrons. The molecule has 0 amide bonds. The van der Waals surface area contributed by atoms with Crippen LogP contribution in [-0.4, -0.2) is 9.13 Å². The van der Waals surface area contributed by atoms with Crippen molar-refractivity contribution in [1.29, 1.82) is 0 Å². The zero-order valence-electron chi connectivity index (χ0n) is 30.9. The minimum Gasteiger partial charge on any atom is -0.307 e. The van der Waals surface area contributed by atoms with Crippen molar-refractivity contribution in [2.75, 3.05) is 0 Å².